The third kappa shape index (κ3) is 3.57. The highest BCUT2D eigenvalue weighted by molar-refractivity contribution is 14.2. The lowest BCUT2D eigenvalue weighted by atomic mass is 10.1. The van der Waals surface area contributed by atoms with Crippen molar-refractivity contribution in [3.8, 4) is 0 Å². The van der Waals surface area contributed by atoms with Gasteiger partial charge in [-0.15, -0.1) is 0 Å². The van der Waals surface area contributed by atoms with E-state index in [1.807, 2.05) is 12.4 Å². The number of methoxy groups -OCH3 is 1. The van der Waals surface area contributed by atoms with Crippen LogP contribution in [0.15, 0.2) is 12.4 Å². The van der Waals surface area contributed by atoms with Gasteiger partial charge in [-0.05, 0) is 16.0 Å². The summed E-state index contributed by atoms with van der Waals surface area (Å²) in [5.41, 5.74) is 1.11. The Labute approximate surface area is 118 Å². The molecule has 0 radical (unpaired) electrons. The lowest BCUT2D eigenvalue weighted by molar-refractivity contribution is -0.0527. The average Bonchev–Trinajstić information content (AvgIpc) is 2.77. The van der Waals surface area contributed by atoms with E-state index >= 15 is 0 Å². The van der Waals surface area contributed by atoms with Crippen molar-refractivity contribution in [3.05, 3.63) is 18.0 Å². The van der Waals surface area contributed by atoms with Gasteiger partial charge in [-0.3, -0.25) is 0 Å². The van der Waals surface area contributed by atoms with E-state index in [1.165, 1.54) is 0 Å². The number of rotatable bonds is 4. The van der Waals surface area contributed by atoms with Crippen LogP contribution in [0.1, 0.15) is 18.6 Å². The molecule has 0 saturated carbocycles. The molecule has 0 amide bonds. The lowest BCUT2D eigenvalue weighted by Crippen LogP contribution is -2.38. The molecule has 0 spiro atoms. The molecule has 1 aliphatic heterocycles. The third-order valence-corrected chi connectivity index (χ3v) is 4.78. The second-order valence-corrected chi connectivity index (χ2v) is 5.92. The molecule has 17 heavy (non-hydrogen) atoms. The van der Waals surface area contributed by atoms with Gasteiger partial charge in [0.25, 0.3) is 0 Å². The van der Waals surface area contributed by atoms with Crippen molar-refractivity contribution < 1.29 is 9.47 Å². The Morgan fingerprint density at radius 2 is 2.47 bits per heavy atom. The van der Waals surface area contributed by atoms with Crippen molar-refractivity contribution in [3.63, 3.8) is 0 Å². The summed E-state index contributed by atoms with van der Waals surface area (Å²) in [6.45, 7) is 4.45. The van der Waals surface area contributed by atoms with E-state index < -0.39 is 0 Å². The summed E-state index contributed by atoms with van der Waals surface area (Å²) in [7, 11) is 3.40. The Kier molecular flexibility index (Phi) is 5.10. The van der Waals surface area contributed by atoms with E-state index in [0.717, 1.165) is 18.7 Å². The minimum atomic E-state index is 0.103. The molecule has 2 unspecified atom stereocenters. The van der Waals surface area contributed by atoms with E-state index in [2.05, 4.69) is 37.5 Å². The van der Waals surface area contributed by atoms with Gasteiger partial charge >= 0.3 is 0 Å². The zero-order valence-corrected chi connectivity index (χ0v) is 12.8. The number of hydrogen-bond acceptors (Lipinski definition) is 5. The summed E-state index contributed by atoms with van der Waals surface area (Å²) < 4.78 is 15.1. The number of hydrogen-bond donors (Lipinski definition) is 0. The minimum Gasteiger partial charge on any atom is -0.368 e. The second-order valence-electron chi connectivity index (χ2n) is 4.08. The molecule has 1 aromatic heterocycles. The first-order valence-corrected chi connectivity index (χ1v) is 8.75. The van der Waals surface area contributed by atoms with Crippen LogP contribution in [0.5, 0.6) is 0 Å². The van der Waals surface area contributed by atoms with Gasteiger partial charge in [0.05, 0.1) is 18.4 Å². The summed E-state index contributed by atoms with van der Waals surface area (Å²) in [4.78, 5) is 0. The van der Waals surface area contributed by atoms with Crippen LogP contribution >= 0.6 is 30.3 Å². The number of nitrogens with zero attached hydrogens (tertiary/aromatic N) is 3. The Hall–Kier alpha value is 0.170. The fourth-order valence-electron chi connectivity index (χ4n) is 1.90. The van der Waals surface area contributed by atoms with Gasteiger partial charge in [-0.25, -0.2) is 8.99 Å². The van der Waals surface area contributed by atoms with Crippen molar-refractivity contribution in [2.24, 2.45) is 0 Å². The summed E-state index contributed by atoms with van der Waals surface area (Å²) in [5.74, 6) is 0. The largest absolute Gasteiger partial charge is 0.368 e. The van der Waals surface area contributed by atoms with Gasteiger partial charge in [0, 0.05) is 53.2 Å². The van der Waals surface area contributed by atoms with Crippen LogP contribution in [-0.2, 0) is 16.2 Å². The summed E-state index contributed by atoms with van der Waals surface area (Å²) in [6.07, 6.45) is 4.20. The quantitative estimate of drug-likeness (QED) is 0.602. The predicted molar refractivity (Wildman–Crippen MR) is 75.7 cm³/mol. The van der Waals surface area contributed by atoms with Crippen molar-refractivity contribution in [2.75, 3.05) is 20.2 Å². The summed E-state index contributed by atoms with van der Waals surface area (Å²) >= 11 is 2.31. The first-order chi connectivity index (χ1) is 8.22. The molecule has 7 heteroatoms. The van der Waals surface area contributed by atoms with Gasteiger partial charge in [0.2, 0.25) is 0 Å². The van der Waals surface area contributed by atoms with Gasteiger partial charge in [0.1, 0.15) is 6.73 Å². The number of aromatic nitrogens is 2. The van der Waals surface area contributed by atoms with Crippen molar-refractivity contribution in [1.82, 2.24) is 14.1 Å². The molecule has 0 aromatic carbocycles. The zero-order valence-electron chi connectivity index (χ0n) is 9.88. The smallest absolute Gasteiger partial charge is 0.138 e. The van der Waals surface area contributed by atoms with E-state index in [-0.39, 0.29) is 12.2 Å². The normalized spacial score (nSPS) is 26.3. The van der Waals surface area contributed by atoms with Crippen LogP contribution in [0.3, 0.4) is 0 Å². The molecule has 0 aliphatic carbocycles. The molecule has 0 N–H and O–H groups in total. The number of ether oxygens (including phenoxy) is 2. The second kappa shape index (κ2) is 6.37. The van der Waals surface area contributed by atoms with E-state index in [1.54, 1.807) is 20.9 Å². The minimum absolute atomic E-state index is 0.103. The number of morpholine rings is 1. The van der Waals surface area contributed by atoms with Gasteiger partial charge < -0.3 is 9.47 Å². The molecule has 5 nitrogen and oxygen atoms in total. The van der Waals surface area contributed by atoms with Gasteiger partial charge in [0.15, 0.2) is 0 Å². The topological polar surface area (TPSA) is 39.5 Å². The average molecular weight is 369 g/mol. The van der Waals surface area contributed by atoms with Crippen LogP contribution in [0, 0.1) is 0 Å². The van der Waals surface area contributed by atoms with Crippen LogP contribution in [0.2, 0.25) is 0 Å². The lowest BCUT2D eigenvalue weighted by Gasteiger charge is -2.34. The van der Waals surface area contributed by atoms with Gasteiger partial charge in [-0.2, -0.15) is 5.10 Å². The predicted octanol–water partition coefficient (Wildman–Crippen LogP) is 2.25. The van der Waals surface area contributed by atoms with Crippen LogP contribution in [0.4, 0.5) is 0 Å². The maximum atomic E-state index is 5.94. The molecule has 1 aliphatic rings. The highest BCUT2D eigenvalue weighted by Gasteiger charge is 2.27. The maximum Gasteiger partial charge on any atom is 0.138 e. The molecule has 2 atom stereocenters. The summed E-state index contributed by atoms with van der Waals surface area (Å²) in [5, 5.41) is 4.24. The SMILES string of the molecule is COCn1cc(C2CN(SI)CC(C)O2)cn1. The first kappa shape index (κ1) is 13.6. The maximum absolute atomic E-state index is 5.94. The van der Waals surface area contributed by atoms with E-state index in [9.17, 15) is 0 Å². The Balaban J connectivity index is 2.04. The first-order valence-electron chi connectivity index (χ1n) is 5.43. The Morgan fingerprint density at radius 3 is 3.18 bits per heavy atom. The highest BCUT2D eigenvalue weighted by atomic mass is 127. The van der Waals surface area contributed by atoms with Crippen LogP contribution in [-0.4, -0.2) is 40.4 Å². The monoisotopic (exact) mass is 369 g/mol. The Bertz CT molecular complexity index is 363. The molecular weight excluding hydrogens is 353 g/mol. The Morgan fingerprint density at radius 1 is 1.65 bits per heavy atom. The van der Waals surface area contributed by atoms with Crippen LogP contribution < -0.4 is 0 Å². The van der Waals surface area contributed by atoms with E-state index in [4.69, 9.17) is 9.47 Å². The molecule has 1 saturated heterocycles. The molecular formula is C10H16IN3O2S. The number of halogens is 1. The zero-order chi connectivity index (χ0) is 12.3. The molecule has 96 valence electrons. The van der Waals surface area contributed by atoms with Crippen LogP contribution in [0.25, 0.3) is 0 Å². The fraction of sp³-hybridized carbons (Fsp3) is 0.700. The van der Waals surface area contributed by atoms with E-state index in [0.29, 0.717) is 6.73 Å². The highest BCUT2D eigenvalue weighted by Crippen LogP contribution is 2.30. The molecule has 0 bridgehead atoms. The molecule has 1 aromatic rings. The molecule has 1 fully saturated rings. The third-order valence-electron chi connectivity index (χ3n) is 2.61. The van der Waals surface area contributed by atoms with Crippen molar-refractivity contribution >= 4 is 30.3 Å². The summed E-state index contributed by atoms with van der Waals surface area (Å²) in [6, 6.07) is 0. The van der Waals surface area contributed by atoms with Crippen molar-refractivity contribution in [1.29, 1.82) is 0 Å². The molecule has 2 heterocycles. The van der Waals surface area contributed by atoms with Gasteiger partial charge in [-0.1, -0.05) is 0 Å². The standard InChI is InChI=1S/C10H16IN3O2S/c1-8-4-14(17-11)6-10(16-8)9-3-12-13(5-9)7-15-2/h3,5,8,10H,4,6-7H2,1-2H3. The molecule has 2 rings (SSSR count). The van der Waals surface area contributed by atoms with Crippen molar-refractivity contribution in [2.45, 2.75) is 25.9 Å². The fourth-order valence-corrected chi connectivity index (χ4v) is 3.32.